The summed E-state index contributed by atoms with van der Waals surface area (Å²) in [4.78, 5) is 0. The molecule has 0 N–H and O–H groups in total. The molecule has 0 fully saturated rings. The predicted molar refractivity (Wildman–Crippen MR) is 52.4 cm³/mol. The van der Waals surface area contributed by atoms with Crippen LogP contribution < -0.4 is 24.8 Å². The third-order valence-corrected chi connectivity index (χ3v) is 1.71. The van der Waals surface area contributed by atoms with Crippen LogP contribution in [0.1, 0.15) is 26.7 Å². The molecule has 2 rings (SSSR count). The Bertz CT molecular complexity index is 253. The topological polar surface area (TPSA) is 0 Å². The molecule has 0 bridgehead atoms. The smallest absolute Gasteiger partial charge is 1.00 e. The SMILES string of the molecule is CC1=[C-]C(C)=CC1.[C-]1=CC=CC1.[Cl-].[Cl-].[Zr+4]. The van der Waals surface area contributed by atoms with E-state index in [0.29, 0.717) is 0 Å². The summed E-state index contributed by atoms with van der Waals surface area (Å²) in [5.74, 6) is 0. The number of hydrogen-bond donors (Lipinski definition) is 0. The molecule has 0 saturated carbocycles. The van der Waals surface area contributed by atoms with Crippen molar-refractivity contribution in [1.29, 1.82) is 0 Å². The minimum Gasteiger partial charge on any atom is -1.00 e. The van der Waals surface area contributed by atoms with E-state index < -0.39 is 0 Å². The van der Waals surface area contributed by atoms with E-state index >= 15 is 0 Å². The molecule has 0 atom stereocenters. The fourth-order valence-electron chi connectivity index (χ4n) is 1.09. The van der Waals surface area contributed by atoms with Crippen LogP contribution in [0.4, 0.5) is 0 Å². The molecule has 0 nitrogen and oxygen atoms in total. The van der Waals surface area contributed by atoms with Gasteiger partial charge in [-0.25, -0.2) is 23.8 Å². The Balaban J connectivity index is -0.000000165. The van der Waals surface area contributed by atoms with Crippen LogP contribution in [0.3, 0.4) is 0 Å². The second-order valence-corrected chi connectivity index (χ2v) is 3.00. The Hall–Kier alpha value is 0.423. The van der Waals surface area contributed by atoms with Crippen LogP contribution in [-0.2, 0) is 26.2 Å². The van der Waals surface area contributed by atoms with Gasteiger partial charge in [0.25, 0.3) is 0 Å². The third-order valence-electron chi connectivity index (χ3n) is 1.71. The maximum absolute atomic E-state index is 3.19. The average Bonchev–Trinajstić information content (AvgIpc) is 2.63. The Labute approximate surface area is 125 Å². The first-order chi connectivity index (χ1) is 5.79. The Morgan fingerprint density at radius 1 is 1.20 bits per heavy atom. The van der Waals surface area contributed by atoms with E-state index in [4.69, 9.17) is 0 Å². The van der Waals surface area contributed by atoms with Gasteiger partial charge in [0.1, 0.15) is 0 Å². The minimum atomic E-state index is 0. The van der Waals surface area contributed by atoms with Crippen molar-refractivity contribution in [3.8, 4) is 0 Å². The van der Waals surface area contributed by atoms with Gasteiger partial charge in [0, 0.05) is 0 Å². The van der Waals surface area contributed by atoms with Crippen LogP contribution in [0.2, 0.25) is 0 Å². The quantitative estimate of drug-likeness (QED) is 0.430. The standard InChI is InChI=1S/C7H9.C5H5.2ClH.Zr/c1-6-3-4-7(2)5-6;1-2-4-5-3-1;;;/h3H,4H2,1-2H3;1-3H,4H2;2*1H;/q2*-1;;;+4/p-2. The van der Waals surface area contributed by atoms with E-state index in [0.717, 1.165) is 12.8 Å². The Morgan fingerprint density at radius 2 is 1.87 bits per heavy atom. The molecule has 0 aromatic heterocycles. The third kappa shape index (κ3) is 10.7. The van der Waals surface area contributed by atoms with Gasteiger partial charge in [-0.1, -0.05) is 20.3 Å². The van der Waals surface area contributed by atoms with Crippen LogP contribution in [0, 0.1) is 12.2 Å². The molecule has 0 spiro atoms. The minimum absolute atomic E-state index is 0. The van der Waals surface area contributed by atoms with E-state index in [1.54, 1.807) is 0 Å². The molecule has 2 aliphatic rings. The van der Waals surface area contributed by atoms with Crippen LogP contribution in [-0.4, -0.2) is 0 Å². The van der Waals surface area contributed by atoms with Crippen molar-refractivity contribution in [3.63, 3.8) is 0 Å². The van der Waals surface area contributed by atoms with Crippen molar-refractivity contribution in [3.05, 3.63) is 47.6 Å². The molecule has 0 aromatic rings. The summed E-state index contributed by atoms with van der Waals surface area (Å²) >= 11 is 0. The van der Waals surface area contributed by atoms with Gasteiger partial charge in [0.05, 0.1) is 0 Å². The summed E-state index contributed by atoms with van der Waals surface area (Å²) in [6, 6.07) is 0. The van der Waals surface area contributed by atoms with Crippen molar-refractivity contribution in [2.75, 3.05) is 0 Å². The second-order valence-electron chi connectivity index (χ2n) is 3.00. The van der Waals surface area contributed by atoms with E-state index in [1.165, 1.54) is 11.1 Å². The first kappa shape index (κ1) is 20.8. The first-order valence-corrected chi connectivity index (χ1v) is 4.27. The number of rotatable bonds is 0. The first-order valence-electron chi connectivity index (χ1n) is 4.27. The molecule has 0 amide bonds. The molecule has 0 radical (unpaired) electrons. The summed E-state index contributed by atoms with van der Waals surface area (Å²) < 4.78 is 0. The van der Waals surface area contributed by atoms with Crippen molar-refractivity contribution in [2.45, 2.75) is 26.7 Å². The monoisotopic (exact) mass is 318 g/mol. The van der Waals surface area contributed by atoms with Crippen LogP contribution in [0.25, 0.3) is 0 Å². The predicted octanol–water partition coefficient (Wildman–Crippen LogP) is -2.60. The van der Waals surface area contributed by atoms with Gasteiger partial charge < -0.3 is 24.8 Å². The normalized spacial score (nSPS) is 14.8. The molecule has 0 aliphatic heterocycles. The largest absolute Gasteiger partial charge is 4.00 e. The number of halogens is 2. The molecular formula is C12H14Cl2Zr. The summed E-state index contributed by atoms with van der Waals surface area (Å²) in [5, 5.41) is 0. The molecule has 0 heterocycles. The zero-order valence-electron chi connectivity index (χ0n) is 8.98. The fourth-order valence-corrected chi connectivity index (χ4v) is 1.09. The Kier molecular flexibility index (Phi) is 17.3. The molecule has 15 heavy (non-hydrogen) atoms. The molecular weight excluding hydrogens is 306 g/mol. The van der Waals surface area contributed by atoms with Gasteiger partial charge >= 0.3 is 26.2 Å². The Morgan fingerprint density at radius 3 is 2.00 bits per heavy atom. The van der Waals surface area contributed by atoms with E-state index in [2.05, 4.69) is 38.2 Å². The van der Waals surface area contributed by atoms with E-state index in [1.807, 2.05) is 12.2 Å². The van der Waals surface area contributed by atoms with E-state index in [9.17, 15) is 0 Å². The summed E-state index contributed by atoms with van der Waals surface area (Å²) in [5.41, 5.74) is 2.65. The van der Waals surface area contributed by atoms with Crippen molar-refractivity contribution in [2.24, 2.45) is 0 Å². The molecule has 2 aliphatic carbocycles. The maximum atomic E-state index is 3.19. The zero-order chi connectivity index (χ0) is 8.81. The summed E-state index contributed by atoms with van der Waals surface area (Å²) in [6.45, 7) is 4.18. The van der Waals surface area contributed by atoms with Crippen molar-refractivity contribution < 1.29 is 51.0 Å². The molecule has 3 heteroatoms. The summed E-state index contributed by atoms with van der Waals surface area (Å²) in [6.07, 6.45) is 16.5. The van der Waals surface area contributed by atoms with Crippen molar-refractivity contribution in [1.82, 2.24) is 0 Å². The van der Waals surface area contributed by atoms with Gasteiger partial charge in [0.15, 0.2) is 0 Å². The van der Waals surface area contributed by atoms with Gasteiger partial charge in [-0.2, -0.15) is 11.6 Å². The van der Waals surface area contributed by atoms with Gasteiger partial charge in [-0.15, -0.1) is 6.42 Å². The zero-order valence-corrected chi connectivity index (χ0v) is 12.9. The van der Waals surface area contributed by atoms with Crippen molar-refractivity contribution >= 4 is 0 Å². The molecule has 0 saturated heterocycles. The average molecular weight is 320 g/mol. The fraction of sp³-hybridized carbons (Fsp3) is 0.333. The summed E-state index contributed by atoms with van der Waals surface area (Å²) in [7, 11) is 0. The van der Waals surface area contributed by atoms with Gasteiger partial charge in [-0.3, -0.25) is 12.2 Å². The maximum Gasteiger partial charge on any atom is 4.00 e. The van der Waals surface area contributed by atoms with Gasteiger partial charge in [-0.05, 0) is 0 Å². The number of allylic oxidation sites excluding steroid dienone is 8. The van der Waals surface area contributed by atoms with Gasteiger partial charge in [0.2, 0.25) is 0 Å². The van der Waals surface area contributed by atoms with Crippen LogP contribution in [0.5, 0.6) is 0 Å². The van der Waals surface area contributed by atoms with Crippen LogP contribution in [0.15, 0.2) is 35.5 Å². The molecule has 0 unspecified atom stereocenters. The second kappa shape index (κ2) is 12.5. The van der Waals surface area contributed by atoms with Crippen LogP contribution >= 0.6 is 0 Å². The number of hydrogen-bond acceptors (Lipinski definition) is 0. The molecule has 0 aromatic carbocycles. The molecule has 80 valence electrons. The van der Waals surface area contributed by atoms with E-state index in [-0.39, 0.29) is 51.0 Å².